The molecular weight excluding hydrogens is 326 g/mol. The molecule has 0 spiro atoms. The Bertz CT molecular complexity index is 357. The maximum atomic E-state index is 11.6. The van der Waals surface area contributed by atoms with Crippen LogP contribution in [0.3, 0.4) is 0 Å². The van der Waals surface area contributed by atoms with Crippen LogP contribution in [0.25, 0.3) is 0 Å². The molecule has 0 fully saturated rings. The van der Waals surface area contributed by atoms with Crippen molar-refractivity contribution in [3.8, 4) is 0 Å². The van der Waals surface area contributed by atoms with Crippen molar-refractivity contribution >= 4 is 40.1 Å². The number of rotatable bonds is 4. The molecule has 1 rings (SSSR count). The Labute approximate surface area is 108 Å². The zero-order valence-corrected chi connectivity index (χ0v) is 11.2. The van der Waals surface area contributed by atoms with Gasteiger partial charge in [0.2, 0.25) is 0 Å². The van der Waals surface area contributed by atoms with Gasteiger partial charge in [-0.25, -0.2) is 0 Å². The van der Waals surface area contributed by atoms with E-state index in [1.807, 2.05) is 7.05 Å². The van der Waals surface area contributed by atoms with E-state index in [9.17, 15) is 4.79 Å². The topological polar surface area (TPSA) is 41.1 Å². The lowest BCUT2D eigenvalue weighted by molar-refractivity contribution is 0.0954. The smallest absolute Gasteiger partial charge is 0.251 e. The minimum Gasteiger partial charge on any atom is -0.351 e. The average molecular weight is 339 g/mol. The van der Waals surface area contributed by atoms with Gasteiger partial charge >= 0.3 is 0 Å². The molecular formula is C10H12ClIN2O. The lowest BCUT2D eigenvalue weighted by atomic mass is 10.2. The number of carbonyl (C=O) groups excluding carboxylic acids is 1. The van der Waals surface area contributed by atoms with Crippen LogP contribution in [-0.2, 0) is 0 Å². The molecule has 1 aromatic rings. The number of carbonyl (C=O) groups is 1. The Kier molecular flexibility index (Phi) is 5.35. The summed E-state index contributed by atoms with van der Waals surface area (Å²) in [6, 6.07) is 5.23. The van der Waals surface area contributed by atoms with Crippen LogP contribution in [0.15, 0.2) is 18.2 Å². The van der Waals surface area contributed by atoms with Gasteiger partial charge in [-0.1, -0.05) is 11.6 Å². The zero-order chi connectivity index (χ0) is 11.3. The molecule has 0 bridgehead atoms. The van der Waals surface area contributed by atoms with E-state index in [2.05, 4.69) is 33.2 Å². The van der Waals surface area contributed by atoms with Gasteiger partial charge in [-0.05, 0) is 47.8 Å². The summed E-state index contributed by atoms with van der Waals surface area (Å²) in [5.41, 5.74) is 0.639. The van der Waals surface area contributed by atoms with Crippen LogP contribution in [0.1, 0.15) is 10.4 Å². The third-order valence-corrected chi connectivity index (χ3v) is 3.38. The maximum absolute atomic E-state index is 11.6. The van der Waals surface area contributed by atoms with Crippen molar-refractivity contribution in [1.82, 2.24) is 10.6 Å². The lowest BCUT2D eigenvalue weighted by Gasteiger charge is -2.05. The molecule has 5 heteroatoms. The molecule has 3 nitrogen and oxygen atoms in total. The molecule has 2 N–H and O–H groups in total. The second-order valence-electron chi connectivity index (χ2n) is 2.99. The number of nitrogens with one attached hydrogen (secondary N) is 2. The fourth-order valence-electron chi connectivity index (χ4n) is 1.04. The van der Waals surface area contributed by atoms with Crippen LogP contribution >= 0.6 is 34.2 Å². The predicted octanol–water partition coefficient (Wildman–Crippen LogP) is 1.89. The molecule has 1 aromatic carbocycles. The summed E-state index contributed by atoms with van der Waals surface area (Å²) in [6.45, 7) is 1.38. The van der Waals surface area contributed by atoms with Crippen molar-refractivity contribution in [3.63, 3.8) is 0 Å². The highest BCUT2D eigenvalue weighted by Gasteiger charge is 2.06. The fraction of sp³-hybridized carbons (Fsp3) is 0.300. The van der Waals surface area contributed by atoms with Crippen molar-refractivity contribution in [1.29, 1.82) is 0 Å². The summed E-state index contributed by atoms with van der Waals surface area (Å²) in [5.74, 6) is -0.0696. The van der Waals surface area contributed by atoms with Crippen molar-refractivity contribution in [2.45, 2.75) is 0 Å². The molecule has 0 aliphatic rings. The quantitative estimate of drug-likeness (QED) is 0.650. The summed E-state index contributed by atoms with van der Waals surface area (Å²) in [6.07, 6.45) is 0. The van der Waals surface area contributed by atoms with Crippen LogP contribution in [0.4, 0.5) is 0 Å². The van der Waals surface area contributed by atoms with Gasteiger partial charge in [-0.3, -0.25) is 4.79 Å². The number of hydrogen-bond acceptors (Lipinski definition) is 2. The maximum Gasteiger partial charge on any atom is 0.251 e. The number of benzene rings is 1. The van der Waals surface area contributed by atoms with Gasteiger partial charge in [0.05, 0.1) is 5.02 Å². The molecule has 0 aliphatic heterocycles. The zero-order valence-electron chi connectivity index (χ0n) is 8.31. The second-order valence-corrected chi connectivity index (χ2v) is 4.56. The first-order valence-corrected chi connectivity index (χ1v) is 5.98. The molecule has 0 aromatic heterocycles. The van der Waals surface area contributed by atoms with Gasteiger partial charge in [-0.15, -0.1) is 0 Å². The van der Waals surface area contributed by atoms with Gasteiger partial charge < -0.3 is 10.6 Å². The van der Waals surface area contributed by atoms with Crippen molar-refractivity contribution in [2.75, 3.05) is 20.1 Å². The molecule has 0 unspecified atom stereocenters. The van der Waals surface area contributed by atoms with E-state index in [4.69, 9.17) is 11.6 Å². The Morgan fingerprint density at radius 3 is 2.80 bits per heavy atom. The van der Waals surface area contributed by atoms with Crippen LogP contribution in [0, 0.1) is 3.57 Å². The number of halogens is 2. The number of amides is 1. The van der Waals surface area contributed by atoms with Crippen LogP contribution in [-0.4, -0.2) is 26.0 Å². The van der Waals surface area contributed by atoms with Crippen LogP contribution in [0.2, 0.25) is 5.02 Å². The van der Waals surface area contributed by atoms with Crippen LogP contribution < -0.4 is 10.6 Å². The Hall–Kier alpha value is -0.330. The summed E-state index contributed by atoms with van der Waals surface area (Å²) in [4.78, 5) is 11.6. The molecule has 82 valence electrons. The van der Waals surface area contributed by atoms with Crippen molar-refractivity contribution in [3.05, 3.63) is 32.4 Å². The third kappa shape index (κ3) is 3.96. The number of likely N-dealkylation sites (N-methyl/N-ethyl adjacent to an activating group) is 1. The summed E-state index contributed by atoms with van der Waals surface area (Å²) in [5, 5.41) is 6.43. The first-order valence-electron chi connectivity index (χ1n) is 4.53. The third-order valence-electron chi connectivity index (χ3n) is 1.84. The summed E-state index contributed by atoms with van der Waals surface area (Å²) >= 11 is 7.97. The highest BCUT2D eigenvalue weighted by molar-refractivity contribution is 14.1. The molecule has 0 aliphatic carbocycles. The molecule has 15 heavy (non-hydrogen) atoms. The second kappa shape index (κ2) is 6.30. The first kappa shape index (κ1) is 12.7. The van der Waals surface area contributed by atoms with Gasteiger partial charge in [0.25, 0.3) is 5.91 Å². The molecule has 0 radical (unpaired) electrons. The highest BCUT2D eigenvalue weighted by Crippen LogP contribution is 2.19. The Morgan fingerprint density at radius 2 is 2.20 bits per heavy atom. The van der Waals surface area contributed by atoms with E-state index in [-0.39, 0.29) is 5.91 Å². The van der Waals surface area contributed by atoms with Gasteiger partial charge in [0, 0.05) is 22.2 Å². The van der Waals surface area contributed by atoms with E-state index >= 15 is 0 Å². The Balaban J connectivity index is 2.62. The normalized spacial score (nSPS) is 10.1. The largest absolute Gasteiger partial charge is 0.351 e. The summed E-state index contributed by atoms with van der Waals surface area (Å²) < 4.78 is 0.885. The van der Waals surface area contributed by atoms with E-state index in [0.717, 1.165) is 10.1 Å². The van der Waals surface area contributed by atoms with Gasteiger partial charge in [-0.2, -0.15) is 0 Å². The first-order chi connectivity index (χ1) is 7.15. The lowest BCUT2D eigenvalue weighted by Crippen LogP contribution is -2.30. The van der Waals surface area contributed by atoms with E-state index in [0.29, 0.717) is 17.1 Å². The standard InChI is InChI=1S/C10H12ClIN2O/c1-13-4-5-14-10(15)7-2-3-8(11)9(12)6-7/h2-3,6,13H,4-5H2,1H3,(H,14,15). The van der Waals surface area contributed by atoms with Crippen molar-refractivity contribution < 1.29 is 4.79 Å². The van der Waals surface area contributed by atoms with Crippen LogP contribution in [0.5, 0.6) is 0 Å². The fourth-order valence-corrected chi connectivity index (χ4v) is 1.67. The Morgan fingerprint density at radius 1 is 1.47 bits per heavy atom. The summed E-state index contributed by atoms with van der Waals surface area (Å²) in [7, 11) is 1.84. The van der Waals surface area contributed by atoms with E-state index in [1.54, 1.807) is 18.2 Å². The van der Waals surface area contributed by atoms with Gasteiger partial charge in [0.1, 0.15) is 0 Å². The molecule has 0 saturated carbocycles. The number of hydrogen-bond donors (Lipinski definition) is 2. The van der Waals surface area contributed by atoms with E-state index < -0.39 is 0 Å². The molecule has 0 heterocycles. The van der Waals surface area contributed by atoms with Gasteiger partial charge in [0.15, 0.2) is 0 Å². The monoisotopic (exact) mass is 338 g/mol. The SMILES string of the molecule is CNCCNC(=O)c1ccc(Cl)c(I)c1. The minimum absolute atomic E-state index is 0.0696. The predicted molar refractivity (Wildman–Crippen MR) is 70.4 cm³/mol. The highest BCUT2D eigenvalue weighted by atomic mass is 127. The molecule has 0 atom stereocenters. The molecule has 1 amide bonds. The molecule has 0 saturated heterocycles. The van der Waals surface area contributed by atoms with Crippen molar-refractivity contribution in [2.24, 2.45) is 0 Å². The average Bonchev–Trinajstić information content (AvgIpc) is 2.22. The minimum atomic E-state index is -0.0696. The van der Waals surface area contributed by atoms with E-state index in [1.165, 1.54) is 0 Å².